The van der Waals surface area contributed by atoms with E-state index in [2.05, 4.69) is 31.3 Å². The minimum absolute atomic E-state index is 0.0509. The predicted molar refractivity (Wildman–Crippen MR) is 113 cm³/mol. The van der Waals surface area contributed by atoms with E-state index in [0.29, 0.717) is 19.0 Å². The van der Waals surface area contributed by atoms with Gasteiger partial charge in [0.05, 0.1) is 4.90 Å². The maximum absolute atomic E-state index is 12.6. The van der Waals surface area contributed by atoms with Crippen molar-refractivity contribution in [3.8, 4) is 0 Å². The number of rotatable bonds is 11. The number of nitrogens with one attached hydrogen (secondary N) is 3. The normalized spacial score (nSPS) is 12.8. The second kappa shape index (κ2) is 11.5. The molecule has 1 atom stereocenters. The Labute approximate surface area is 176 Å². The molecule has 9 heteroatoms. The second-order valence-electron chi connectivity index (χ2n) is 7.50. The molecule has 1 aromatic carbocycles. The molecule has 0 spiro atoms. The summed E-state index contributed by atoms with van der Waals surface area (Å²) < 4.78 is 28.5. The molecule has 0 aliphatic heterocycles. The van der Waals surface area contributed by atoms with Gasteiger partial charge in [-0.2, -0.15) is 4.72 Å². The van der Waals surface area contributed by atoms with Gasteiger partial charge in [-0.15, -0.1) is 0 Å². The van der Waals surface area contributed by atoms with Crippen LogP contribution >= 0.6 is 15.9 Å². The maximum atomic E-state index is 12.6. The second-order valence-corrected chi connectivity index (χ2v) is 10.1. The van der Waals surface area contributed by atoms with E-state index in [1.165, 1.54) is 12.1 Å². The monoisotopic (exact) mass is 475 g/mol. The van der Waals surface area contributed by atoms with Gasteiger partial charge >= 0.3 is 0 Å². The average Bonchev–Trinajstić information content (AvgIpc) is 2.61. The number of amides is 2. The summed E-state index contributed by atoms with van der Waals surface area (Å²) in [5.74, 6) is -0.115. The Bertz CT molecular complexity index is 749. The van der Waals surface area contributed by atoms with Crippen LogP contribution in [0.2, 0.25) is 0 Å². The van der Waals surface area contributed by atoms with E-state index in [1.807, 2.05) is 27.7 Å². The van der Waals surface area contributed by atoms with E-state index in [-0.39, 0.29) is 29.6 Å². The van der Waals surface area contributed by atoms with Crippen molar-refractivity contribution in [2.45, 2.75) is 51.5 Å². The molecule has 0 unspecified atom stereocenters. The summed E-state index contributed by atoms with van der Waals surface area (Å²) in [6.07, 6.45) is 0.124. The number of halogens is 1. The van der Waals surface area contributed by atoms with Crippen LogP contribution in [0.1, 0.15) is 40.5 Å². The number of carbonyl (C=O) groups excluding carboxylic acids is 2. The summed E-state index contributed by atoms with van der Waals surface area (Å²) in [5, 5.41) is 5.51. The fraction of sp³-hybridized carbons (Fsp3) is 0.579. The van der Waals surface area contributed by atoms with E-state index >= 15 is 0 Å². The lowest BCUT2D eigenvalue weighted by Crippen LogP contribution is -2.48. The minimum Gasteiger partial charge on any atom is -0.356 e. The molecular weight excluding hydrogens is 446 g/mol. The third-order valence-electron chi connectivity index (χ3n) is 3.79. The molecular formula is C19H30BrN3O4S. The SMILES string of the molecule is CC(C)CNC(=O)CC[C@H](NS(=O)(=O)c1ccc(Br)cc1)C(=O)NCC(C)C. The van der Waals surface area contributed by atoms with Gasteiger partial charge in [-0.25, -0.2) is 8.42 Å². The number of hydrogen-bond acceptors (Lipinski definition) is 4. The lowest BCUT2D eigenvalue weighted by molar-refractivity contribution is -0.124. The van der Waals surface area contributed by atoms with Crippen LogP contribution in [-0.2, 0) is 19.6 Å². The summed E-state index contributed by atoms with van der Waals surface area (Å²) in [6, 6.07) is 5.09. The van der Waals surface area contributed by atoms with Gasteiger partial charge in [-0.3, -0.25) is 9.59 Å². The molecule has 0 fully saturated rings. The number of sulfonamides is 1. The zero-order chi connectivity index (χ0) is 21.3. The van der Waals surface area contributed by atoms with Crippen LogP contribution in [0, 0.1) is 11.8 Å². The first-order chi connectivity index (χ1) is 13.0. The van der Waals surface area contributed by atoms with Crippen molar-refractivity contribution >= 4 is 37.8 Å². The van der Waals surface area contributed by atoms with Crippen LogP contribution in [-0.4, -0.2) is 39.4 Å². The Morgan fingerprint density at radius 3 is 2.04 bits per heavy atom. The molecule has 0 radical (unpaired) electrons. The van der Waals surface area contributed by atoms with E-state index in [4.69, 9.17) is 0 Å². The zero-order valence-corrected chi connectivity index (χ0v) is 19.2. The molecule has 0 heterocycles. The number of hydrogen-bond donors (Lipinski definition) is 3. The predicted octanol–water partition coefficient (Wildman–Crippen LogP) is 2.42. The number of carbonyl (C=O) groups is 2. The van der Waals surface area contributed by atoms with Gasteiger partial charge in [-0.05, 0) is 42.5 Å². The average molecular weight is 476 g/mol. The van der Waals surface area contributed by atoms with Crippen LogP contribution in [0.5, 0.6) is 0 Å². The van der Waals surface area contributed by atoms with E-state index in [1.54, 1.807) is 12.1 Å². The summed E-state index contributed by atoms with van der Waals surface area (Å²) in [7, 11) is -3.90. The Balaban J connectivity index is 2.85. The summed E-state index contributed by atoms with van der Waals surface area (Å²) in [4.78, 5) is 24.6. The molecule has 0 saturated heterocycles. The Hall–Kier alpha value is -1.45. The van der Waals surface area contributed by atoms with E-state index in [0.717, 1.165) is 4.47 Å². The molecule has 7 nitrogen and oxygen atoms in total. The van der Waals surface area contributed by atoms with Gasteiger partial charge in [0.15, 0.2) is 0 Å². The van der Waals surface area contributed by atoms with Crippen molar-refractivity contribution in [2.75, 3.05) is 13.1 Å². The molecule has 0 saturated carbocycles. The Morgan fingerprint density at radius 1 is 0.964 bits per heavy atom. The molecule has 158 valence electrons. The van der Waals surface area contributed by atoms with Gasteiger partial charge in [0, 0.05) is 24.0 Å². The zero-order valence-electron chi connectivity index (χ0n) is 16.8. The standard InChI is InChI=1S/C19H30BrN3O4S/c1-13(2)11-21-18(24)10-9-17(19(25)22-12-14(3)4)23-28(26,27)16-7-5-15(20)6-8-16/h5-8,13-14,17,23H,9-12H2,1-4H3,(H,21,24)(H,22,25)/t17-/m0/s1. The highest BCUT2D eigenvalue weighted by molar-refractivity contribution is 9.10. The number of benzene rings is 1. The van der Waals surface area contributed by atoms with Gasteiger partial charge in [0.2, 0.25) is 21.8 Å². The van der Waals surface area contributed by atoms with Crippen molar-refractivity contribution < 1.29 is 18.0 Å². The van der Waals surface area contributed by atoms with Crippen molar-refractivity contribution in [2.24, 2.45) is 11.8 Å². The molecule has 0 aromatic heterocycles. The molecule has 28 heavy (non-hydrogen) atoms. The molecule has 0 aliphatic rings. The molecule has 1 rings (SSSR count). The van der Waals surface area contributed by atoms with Crippen LogP contribution in [0.3, 0.4) is 0 Å². The van der Waals surface area contributed by atoms with Gasteiger partial charge in [0.25, 0.3) is 0 Å². The summed E-state index contributed by atoms with van der Waals surface area (Å²) >= 11 is 3.26. The highest BCUT2D eigenvalue weighted by atomic mass is 79.9. The largest absolute Gasteiger partial charge is 0.356 e. The van der Waals surface area contributed by atoms with Crippen molar-refractivity contribution in [1.29, 1.82) is 0 Å². The highest BCUT2D eigenvalue weighted by Gasteiger charge is 2.26. The fourth-order valence-corrected chi connectivity index (χ4v) is 3.72. The van der Waals surface area contributed by atoms with Crippen LogP contribution in [0.4, 0.5) is 0 Å². The first-order valence-electron chi connectivity index (χ1n) is 9.33. The van der Waals surface area contributed by atoms with Crippen LogP contribution in [0.25, 0.3) is 0 Å². The smallest absolute Gasteiger partial charge is 0.241 e. The third-order valence-corrected chi connectivity index (χ3v) is 5.81. The summed E-state index contributed by atoms with van der Waals surface area (Å²) in [6.45, 7) is 8.81. The lowest BCUT2D eigenvalue weighted by atomic mass is 10.1. The molecule has 0 bridgehead atoms. The molecule has 1 aromatic rings. The Kier molecular flexibility index (Phi) is 10.1. The van der Waals surface area contributed by atoms with Gasteiger partial charge in [-0.1, -0.05) is 43.6 Å². The third kappa shape index (κ3) is 9.16. The molecule has 0 aliphatic carbocycles. The van der Waals surface area contributed by atoms with Crippen molar-refractivity contribution in [3.05, 3.63) is 28.7 Å². The van der Waals surface area contributed by atoms with Crippen LogP contribution < -0.4 is 15.4 Å². The topological polar surface area (TPSA) is 104 Å². The highest BCUT2D eigenvalue weighted by Crippen LogP contribution is 2.15. The Morgan fingerprint density at radius 2 is 1.50 bits per heavy atom. The van der Waals surface area contributed by atoms with E-state index < -0.39 is 22.0 Å². The summed E-state index contributed by atoms with van der Waals surface area (Å²) in [5.41, 5.74) is 0. The first kappa shape index (κ1) is 24.6. The maximum Gasteiger partial charge on any atom is 0.241 e. The fourth-order valence-electron chi connectivity index (χ4n) is 2.22. The molecule has 2 amide bonds. The van der Waals surface area contributed by atoms with E-state index in [9.17, 15) is 18.0 Å². The van der Waals surface area contributed by atoms with Crippen molar-refractivity contribution in [1.82, 2.24) is 15.4 Å². The first-order valence-corrected chi connectivity index (χ1v) is 11.6. The molecule has 3 N–H and O–H groups in total. The van der Waals surface area contributed by atoms with Crippen LogP contribution in [0.15, 0.2) is 33.6 Å². The van der Waals surface area contributed by atoms with Gasteiger partial charge in [0.1, 0.15) is 6.04 Å². The minimum atomic E-state index is -3.90. The van der Waals surface area contributed by atoms with Crippen molar-refractivity contribution in [3.63, 3.8) is 0 Å². The quantitative estimate of drug-likeness (QED) is 0.456. The van der Waals surface area contributed by atoms with Gasteiger partial charge < -0.3 is 10.6 Å². The lowest BCUT2D eigenvalue weighted by Gasteiger charge is -2.19.